The van der Waals surface area contributed by atoms with Gasteiger partial charge in [-0.05, 0) is 53.1 Å². The van der Waals surface area contributed by atoms with Crippen LogP contribution in [-0.4, -0.2) is 17.9 Å². The minimum Gasteiger partial charge on any atom is -0.456 e. The Bertz CT molecular complexity index is 2110. The second kappa shape index (κ2) is 9.76. The predicted octanol–water partition coefficient (Wildman–Crippen LogP) is 8.92. The third kappa shape index (κ3) is 3.87. The second-order valence-corrected chi connectivity index (χ2v) is 10.6. The Morgan fingerprint density at radius 1 is 0.667 bits per heavy atom. The molecule has 6 aromatic rings. The Hall–Kier alpha value is -5.66. The van der Waals surface area contributed by atoms with Gasteiger partial charge in [-0.3, -0.25) is 4.99 Å². The lowest BCUT2D eigenvalue weighted by Crippen LogP contribution is -2.39. The molecule has 0 saturated carbocycles. The number of hydrogen-bond donors (Lipinski definition) is 0. The first-order valence-electron chi connectivity index (χ1n) is 14.1. The lowest BCUT2D eigenvalue weighted by molar-refractivity contribution is 0.669. The van der Waals surface area contributed by atoms with Crippen LogP contribution in [0, 0.1) is 11.3 Å². The van der Waals surface area contributed by atoms with Gasteiger partial charge in [-0.25, -0.2) is 0 Å². The number of hydrogen-bond acceptors (Lipinski definition) is 4. The summed E-state index contributed by atoms with van der Waals surface area (Å²) in [6, 6.07) is 41.9. The van der Waals surface area contributed by atoms with E-state index in [2.05, 4.69) is 102 Å². The third-order valence-electron chi connectivity index (χ3n) is 8.22. The average molecular weight is 540 g/mol. The summed E-state index contributed by atoms with van der Waals surface area (Å²) in [5.74, 6) is 0.992. The molecule has 2 atom stereocenters. The summed E-state index contributed by atoms with van der Waals surface area (Å²) in [4.78, 5) is 7.44. The van der Waals surface area contributed by atoms with Crippen LogP contribution < -0.4 is 4.90 Å². The van der Waals surface area contributed by atoms with Crippen LogP contribution in [-0.2, 0) is 0 Å². The van der Waals surface area contributed by atoms with Crippen molar-refractivity contribution in [3.8, 4) is 28.3 Å². The van der Waals surface area contributed by atoms with Crippen molar-refractivity contribution < 1.29 is 4.42 Å². The summed E-state index contributed by atoms with van der Waals surface area (Å²) in [6.07, 6.45) is 8.60. The van der Waals surface area contributed by atoms with E-state index < -0.39 is 0 Å². The number of benzene rings is 5. The molecule has 1 aromatic heterocycles. The Balaban J connectivity index is 1.20. The smallest absolute Gasteiger partial charge is 0.136 e. The predicted molar refractivity (Wildman–Crippen MR) is 171 cm³/mol. The van der Waals surface area contributed by atoms with Crippen molar-refractivity contribution in [3.05, 3.63) is 151 Å². The fourth-order valence-electron chi connectivity index (χ4n) is 6.24. The van der Waals surface area contributed by atoms with Gasteiger partial charge >= 0.3 is 0 Å². The molecule has 0 fully saturated rings. The highest BCUT2D eigenvalue weighted by Crippen LogP contribution is 2.40. The molecule has 4 heteroatoms. The topological polar surface area (TPSA) is 52.5 Å². The maximum Gasteiger partial charge on any atom is 0.136 e. The van der Waals surface area contributed by atoms with Crippen molar-refractivity contribution in [2.45, 2.75) is 12.1 Å². The quantitative estimate of drug-likeness (QED) is 0.225. The van der Waals surface area contributed by atoms with Crippen LogP contribution >= 0.6 is 0 Å². The zero-order chi connectivity index (χ0) is 28.0. The summed E-state index contributed by atoms with van der Waals surface area (Å²) in [5.41, 5.74) is 8.66. The van der Waals surface area contributed by atoms with Gasteiger partial charge in [0.15, 0.2) is 0 Å². The maximum absolute atomic E-state index is 9.76. The largest absolute Gasteiger partial charge is 0.456 e. The van der Waals surface area contributed by atoms with Crippen molar-refractivity contribution in [1.29, 1.82) is 5.26 Å². The first kappa shape index (κ1) is 24.2. The minimum absolute atomic E-state index is 0.0991. The van der Waals surface area contributed by atoms with Crippen LogP contribution in [0.1, 0.15) is 11.1 Å². The van der Waals surface area contributed by atoms with Crippen LogP contribution in [0.5, 0.6) is 0 Å². The van der Waals surface area contributed by atoms with Gasteiger partial charge in [0.05, 0.1) is 23.7 Å². The number of furan rings is 1. The van der Waals surface area contributed by atoms with Crippen LogP contribution in [0.25, 0.3) is 44.2 Å². The highest BCUT2D eigenvalue weighted by molar-refractivity contribution is 6.14. The molecular weight excluding hydrogens is 514 g/mol. The number of nitriles is 1. The van der Waals surface area contributed by atoms with E-state index in [0.29, 0.717) is 5.56 Å². The molecule has 0 saturated heterocycles. The van der Waals surface area contributed by atoms with Crippen LogP contribution in [0.4, 0.5) is 5.69 Å². The highest BCUT2D eigenvalue weighted by atomic mass is 16.3. The van der Waals surface area contributed by atoms with E-state index in [0.717, 1.165) is 61.3 Å². The Morgan fingerprint density at radius 3 is 2.29 bits per heavy atom. The highest BCUT2D eigenvalue weighted by Gasteiger charge is 2.35. The molecule has 0 radical (unpaired) electrons. The van der Waals surface area contributed by atoms with Gasteiger partial charge in [0.1, 0.15) is 17.0 Å². The van der Waals surface area contributed by atoms with E-state index in [4.69, 9.17) is 9.41 Å². The van der Waals surface area contributed by atoms with E-state index in [1.165, 1.54) is 0 Å². The standard InChI is InChI=1S/C38H25N3O/c39-24-28-11-4-5-12-30(28)31-13-8-16-36-37(31)32-23-27(19-22-35(32)42-36)25-17-20-29(21-18-25)41-34-15-7-6-14-33(34)40-38(41)26-9-2-1-3-10-26/h1-23,33-34H. The fourth-order valence-corrected chi connectivity index (χ4v) is 6.24. The number of fused-ring (bicyclic) bond motifs is 4. The van der Waals surface area contributed by atoms with E-state index in [-0.39, 0.29) is 12.1 Å². The number of amidine groups is 1. The summed E-state index contributed by atoms with van der Waals surface area (Å²) in [7, 11) is 0. The van der Waals surface area contributed by atoms with Crippen molar-refractivity contribution in [2.24, 2.45) is 4.99 Å². The van der Waals surface area contributed by atoms with Crippen molar-refractivity contribution >= 4 is 33.5 Å². The van der Waals surface area contributed by atoms with E-state index in [9.17, 15) is 5.26 Å². The molecule has 1 aliphatic heterocycles. The molecule has 2 aliphatic rings. The Kier molecular flexibility index (Phi) is 5.62. The molecule has 2 unspecified atom stereocenters. The van der Waals surface area contributed by atoms with Crippen molar-refractivity contribution in [2.75, 3.05) is 4.90 Å². The summed E-state index contributed by atoms with van der Waals surface area (Å²) < 4.78 is 6.26. The van der Waals surface area contributed by atoms with Gasteiger partial charge in [-0.1, -0.05) is 103 Å². The maximum atomic E-state index is 9.76. The summed E-state index contributed by atoms with van der Waals surface area (Å²) in [5, 5.41) is 11.8. The number of aliphatic imine (C=N–C) groups is 1. The molecule has 0 bridgehead atoms. The van der Waals surface area contributed by atoms with Gasteiger partial charge in [-0.2, -0.15) is 5.26 Å². The average Bonchev–Trinajstić information content (AvgIpc) is 3.64. The molecule has 5 aromatic carbocycles. The lowest BCUT2D eigenvalue weighted by atomic mass is 9.95. The van der Waals surface area contributed by atoms with Gasteiger partial charge < -0.3 is 9.32 Å². The van der Waals surface area contributed by atoms with E-state index >= 15 is 0 Å². The minimum atomic E-state index is 0.0991. The van der Waals surface area contributed by atoms with E-state index in [1.54, 1.807) is 0 Å². The van der Waals surface area contributed by atoms with Gasteiger partial charge in [0, 0.05) is 27.6 Å². The number of allylic oxidation sites excluding steroid dienone is 2. The Morgan fingerprint density at radius 2 is 1.43 bits per heavy atom. The fraction of sp³-hybridized carbons (Fsp3) is 0.0526. The molecule has 0 N–H and O–H groups in total. The number of anilines is 1. The van der Waals surface area contributed by atoms with Crippen LogP contribution in [0.3, 0.4) is 0 Å². The summed E-state index contributed by atoms with van der Waals surface area (Å²) >= 11 is 0. The van der Waals surface area contributed by atoms with Crippen LogP contribution in [0.15, 0.2) is 149 Å². The number of rotatable bonds is 4. The Labute approximate surface area is 243 Å². The molecular formula is C38H25N3O. The molecule has 42 heavy (non-hydrogen) atoms. The molecule has 2 heterocycles. The third-order valence-corrected chi connectivity index (χ3v) is 8.22. The number of nitrogens with zero attached hydrogens (tertiary/aromatic N) is 3. The molecule has 1 aliphatic carbocycles. The first-order chi connectivity index (χ1) is 20.8. The molecule has 4 nitrogen and oxygen atoms in total. The SMILES string of the molecule is N#Cc1ccccc1-c1cccc2oc3ccc(-c4ccc(N5C(c6ccccc6)=NC6C=CC=CC65)cc4)cc3c12. The first-order valence-corrected chi connectivity index (χ1v) is 14.1. The molecule has 0 amide bonds. The zero-order valence-electron chi connectivity index (χ0n) is 22.7. The van der Waals surface area contributed by atoms with Gasteiger partial charge in [-0.15, -0.1) is 0 Å². The van der Waals surface area contributed by atoms with Crippen molar-refractivity contribution in [1.82, 2.24) is 0 Å². The van der Waals surface area contributed by atoms with Gasteiger partial charge in [0.25, 0.3) is 0 Å². The molecule has 0 spiro atoms. The summed E-state index contributed by atoms with van der Waals surface area (Å²) in [6.45, 7) is 0. The molecule has 198 valence electrons. The molecule has 8 rings (SSSR count). The monoisotopic (exact) mass is 539 g/mol. The van der Waals surface area contributed by atoms with Crippen molar-refractivity contribution in [3.63, 3.8) is 0 Å². The lowest BCUT2D eigenvalue weighted by Gasteiger charge is -2.29. The van der Waals surface area contributed by atoms with Gasteiger partial charge in [0.2, 0.25) is 0 Å². The van der Waals surface area contributed by atoms with Crippen LogP contribution in [0.2, 0.25) is 0 Å². The second-order valence-electron chi connectivity index (χ2n) is 10.6. The zero-order valence-corrected chi connectivity index (χ0v) is 22.7. The van der Waals surface area contributed by atoms with E-state index in [1.807, 2.05) is 48.5 Å². The normalized spacial score (nSPS) is 17.4.